The second-order valence-electron chi connectivity index (χ2n) is 17.9. The largest absolute Gasteiger partial charge is 0.462 e. The van der Waals surface area contributed by atoms with Crippen molar-refractivity contribution in [2.45, 2.75) is 189 Å². The minimum Gasteiger partial charge on any atom is -0.462 e. The van der Waals surface area contributed by atoms with E-state index in [9.17, 15) is 4.79 Å². The van der Waals surface area contributed by atoms with Crippen LogP contribution in [0.2, 0.25) is 0 Å². The molecule has 2 unspecified atom stereocenters. The van der Waals surface area contributed by atoms with Crippen molar-refractivity contribution < 1.29 is 9.53 Å². The van der Waals surface area contributed by atoms with Gasteiger partial charge < -0.3 is 4.74 Å². The van der Waals surface area contributed by atoms with Crippen molar-refractivity contribution in [3.05, 3.63) is 48.6 Å². The molecular weight excluding hydrogens is 597 g/mol. The summed E-state index contributed by atoms with van der Waals surface area (Å²) in [5, 5.41) is 0. The number of rotatable bonds is 20. The molecule has 0 amide bonds. The molecular formula is C47H78O2. The molecule has 49 heavy (non-hydrogen) atoms. The molecule has 0 aromatic carbocycles. The fourth-order valence-corrected chi connectivity index (χ4v) is 11.6. The Hall–Kier alpha value is -1.57. The van der Waals surface area contributed by atoms with Crippen LogP contribution in [0.4, 0.5) is 0 Å². The van der Waals surface area contributed by atoms with Gasteiger partial charge in [0.2, 0.25) is 0 Å². The summed E-state index contributed by atoms with van der Waals surface area (Å²) in [5.41, 5.74) is 0.694. The van der Waals surface area contributed by atoms with Crippen LogP contribution in [0.1, 0.15) is 183 Å². The van der Waals surface area contributed by atoms with Crippen molar-refractivity contribution in [1.82, 2.24) is 0 Å². The Morgan fingerprint density at radius 2 is 1.39 bits per heavy atom. The molecule has 4 rings (SSSR count). The summed E-state index contributed by atoms with van der Waals surface area (Å²) in [6.07, 6.45) is 45.2. The van der Waals surface area contributed by atoms with Crippen LogP contribution in [0, 0.1) is 52.3 Å². The summed E-state index contributed by atoms with van der Waals surface area (Å²) in [6.45, 7) is 14.9. The van der Waals surface area contributed by atoms with E-state index in [1.165, 1.54) is 96.3 Å². The van der Waals surface area contributed by atoms with Crippen LogP contribution in [0.5, 0.6) is 0 Å². The summed E-state index contributed by atoms with van der Waals surface area (Å²) in [5.74, 6) is 5.84. The van der Waals surface area contributed by atoms with Gasteiger partial charge in [0.15, 0.2) is 0 Å². The van der Waals surface area contributed by atoms with Crippen molar-refractivity contribution in [2.24, 2.45) is 52.3 Å². The molecule has 9 atom stereocenters. The Morgan fingerprint density at radius 3 is 2.06 bits per heavy atom. The zero-order chi connectivity index (χ0) is 35.1. The van der Waals surface area contributed by atoms with E-state index in [2.05, 4.69) is 90.2 Å². The molecule has 0 saturated heterocycles. The number of fused-ring (bicyclic) bond motifs is 5. The van der Waals surface area contributed by atoms with Crippen molar-refractivity contribution in [3.63, 3.8) is 0 Å². The maximum absolute atomic E-state index is 13.3. The highest BCUT2D eigenvalue weighted by atomic mass is 16.5. The predicted octanol–water partition coefficient (Wildman–Crippen LogP) is 14.2. The van der Waals surface area contributed by atoms with Crippen LogP contribution < -0.4 is 0 Å². The minimum absolute atomic E-state index is 0.0571. The van der Waals surface area contributed by atoms with Crippen molar-refractivity contribution >= 4 is 5.97 Å². The fraction of sp³-hybridized carbons (Fsp3) is 0.809. The minimum atomic E-state index is 0.0571. The van der Waals surface area contributed by atoms with Gasteiger partial charge in [0.1, 0.15) is 6.10 Å². The van der Waals surface area contributed by atoms with E-state index in [1.807, 2.05) is 0 Å². The molecule has 0 radical (unpaired) electrons. The van der Waals surface area contributed by atoms with Gasteiger partial charge in [-0.1, -0.05) is 122 Å². The molecule has 0 aliphatic heterocycles. The van der Waals surface area contributed by atoms with E-state index < -0.39 is 0 Å². The maximum Gasteiger partial charge on any atom is 0.306 e. The standard InChI is InChI=1S/C47H78O2/c1-7-8-9-10-11-12-13-14-15-16-17-18-19-20-21-22-23-30-45(48)49-44-29-25-28-39-31-32-40-42-34-33-41(38(4)27-24-26-37(2)3)46(42,5)36-35-43(40)47(39,44)6/h11-12,14-15,17-18,20-21,37-44H,7-10,13,16,19,22-36H2,1-6H3/t38-,39?,40+,41-,42+,43+,44?,46-,47+/m1/s1. The van der Waals surface area contributed by atoms with Gasteiger partial charge in [0, 0.05) is 11.8 Å². The Bertz CT molecular complexity index is 1080. The lowest BCUT2D eigenvalue weighted by molar-refractivity contribution is -0.192. The highest BCUT2D eigenvalue weighted by molar-refractivity contribution is 5.69. The molecule has 4 saturated carbocycles. The number of hydrogen-bond donors (Lipinski definition) is 0. The first-order valence-electron chi connectivity index (χ1n) is 21.5. The molecule has 0 N–H and O–H groups in total. The predicted molar refractivity (Wildman–Crippen MR) is 211 cm³/mol. The SMILES string of the molecule is CCCCCC=CCC=CCC=CCC=CCCCC(=O)OC1CCCC2CC[C@@H]3[C@H](CC[C@]4(C)[C@@H]([C@H](C)CCCC(C)C)CC[C@@H]34)[C@]21C. The summed E-state index contributed by atoms with van der Waals surface area (Å²) in [7, 11) is 0. The van der Waals surface area contributed by atoms with E-state index in [0.29, 0.717) is 11.8 Å². The zero-order valence-corrected chi connectivity index (χ0v) is 33.1. The van der Waals surface area contributed by atoms with Gasteiger partial charge in [0.25, 0.3) is 0 Å². The molecule has 0 aromatic heterocycles. The van der Waals surface area contributed by atoms with Crippen LogP contribution in [-0.2, 0) is 9.53 Å². The number of ether oxygens (including phenoxy) is 1. The number of esters is 1. The maximum atomic E-state index is 13.3. The molecule has 0 aromatic rings. The third-order valence-electron chi connectivity index (χ3n) is 14.4. The Balaban J connectivity index is 1.19. The van der Waals surface area contributed by atoms with E-state index in [1.54, 1.807) is 0 Å². The van der Waals surface area contributed by atoms with Crippen LogP contribution >= 0.6 is 0 Å². The lowest BCUT2D eigenvalue weighted by atomic mass is 9.44. The van der Waals surface area contributed by atoms with Gasteiger partial charge in [-0.3, -0.25) is 4.79 Å². The van der Waals surface area contributed by atoms with Crippen LogP contribution in [0.15, 0.2) is 48.6 Å². The first kappa shape index (κ1) is 40.2. The number of hydrogen-bond acceptors (Lipinski definition) is 2. The topological polar surface area (TPSA) is 26.3 Å². The Labute approximate surface area is 304 Å². The highest BCUT2D eigenvalue weighted by Crippen LogP contribution is 2.68. The number of carbonyl (C=O) groups is 1. The molecule has 0 heterocycles. The molecule has 4 aliphatic carbocycles. The van der Waals surface area contributed by atoms with Crippen molar-refractivity contribution in [1.29, 1.82) is 0 Å². The van der Waals surface area contributed by atoms with Gasteiger partial charge in [-0.05, 0) is 150 Å². The highest BCUT2D eigenvalue weighted by Gasteiger charge is 2.62. The second kappa shape index (κ2) is 20.5. The molecule has 4 aliphatic rings. The Kier molecular flexibility index (Phi) is 16.8. The van der Waals surface area contributed by atoms with Crippen LogP contribution in [0.25, 0.3) is 0 Å². The molecule has 0 spiro atoms. The summed E-state index contributed by atoms with van der Waals surface area (Å²) < 4.78 is 6.52. The van der Waals surface area contributed by atoms with E-state index in [-0.39, 0.29) is 17.5 Å². The molecule has 2 heteroatoms. The lowest BCUT2D eigenvalue weighted by Gasteiger charge is -2.62. The number of carbonyl (C=O) groups excluding carboxylic acids is 1. The molecule has 0 bridgehead atoms. The number of unbranched alkanes of at least 4 members (excludes halogenated alkanes) is 4. The fourth-order valence-electron chi connectivity index (χ4n) is 11.6. The molecule has 2 nitrogen and oxygen atoms in total. The Morgan fingerprint density at radius 1 is 0.714 bits per heavy atom. The van der Waals surface area contributed by atoms with Gasteiger partial charge in [-0.2, -0.15) is 0 Å². The zero-order valence-electron chi connectivity index (χ0n) is 33.1. The van der Waals surface area contributed by atoms with Gasteiger partial charge in [-0.15, -0.1) is 0 Å². The molecule has 278 valence electrons. The average molecular weight is 675 g/mol. The van der Waals surface area contributed by atoms with Crippen molar-refractivity contribution in [3.8, 4) is 0 Å². The first-order chi connectivity index (χ1) is 23.7. The third-order valence-corrected chi connectivity index (χ3v) is 14.4. The van der Waals surface area contributed by atoms with Crippen LogP contribution in [0.3, 0.4) is 0 Å². The summed E-state index contributed by atoms with van der Waals surface area (Å²) in [4.78, 5) is 13.3. The monoisotopic (exact) mass is 675 g/mol. The normalized spacial score (nSPS) is 33.9. The first-order valence-corrected chi connectivity index (χ1v) is 21.5. The van der Waals surface area contributed by atoms with E-state index in [0.717, 1.165) is 80.0 Å². The number of allylic oxidation sites excluding steroid dienone is 8. The van der Waals surface area contributed by atoms with E-state index in [4.69, 9.17) is 4.74 Å². The van der Waals surface area contributed by atoms with Crippen LogP contribution in [-0.4, -0.2) is 12.1 Å². The van der Waals surface area contributed by atoms with Gasteiger partial charge >= 0.3 is 5.97 Å². The van der Waals surface area contributed by atoms with Gasteiger partial charge in [-0.25, -0.2) is 0 Å². The molecule has 4 fully saturated rings. The third kappa shape index (κ3) is 11.0. The smallest absolute Gasteiger partial charge is 0.306 e. The lowest BCUT2D eigenvalue weighted by Crippen LogP contribution is -2.58. The second-order valence-corrected chi connectivity index (χ2v) is 17.9. The van der Waals surface area contributed by atoms with Gasteiger partial charge in [0.05, 0.1) is 0 Å². The van der Waals surface area contributed by atoms with E-state index >= 15 is 0 Å². The van der Waals surface area contributed by atoms with Crippen molar-refractivity contribution in [2.75, 3.05) is 0 Å². The quantitative estimate of drug-likeness (QED) is 0.0730. The summed E-state index contributed by atoms with van der Waals surface area (Å²) >= 11 is 0. The average Bonchev–Trinajstić information content (AvgIpc) is 3.43. The summed E-state index contributed by atoms with van der Waals surface area (Å²) in [6, 6.07) is 0.